The summed E-state index contributed by atoms with van der Waals surface area (Å²) in [5.41, 5.74) is 1.67. The van der Waals surface area contributed by atoms with Gasteiger partial charge >= 0.3 is 0 Å². The van der Waals surface area contributed by atoms with E-state index >= 15 is 0 Å². The summed E-state index contributed by atoms with van der Waals surface area (Å²) in [6.07, 6.45) is 5.60. The first-order chi connectivity index (χ1) is 18.1. The minimum atomic E-state index is -1.38. The first-order valence-electron chi connectivity index (χ1n) is 12.8. The third-order valence-corrected chi connectivity index (χ3v) is 7.51. The van der Waals surface area contributed by atoms with E-state index in [1.54, 1.807) is 13.8 Å². The lowest BCUT2D eigenvalue weighted by Gasteiger charge is -2.39. The predicted octanol–water partition coefficient (Wildman–Crippen LogP) is 5.05. The molecule has 2 aliphatic rings. The fraction of sp³-hybridized carbons (Fsp3) is 0.387. The van der Waals surface area contributed by atoms with Gasteiger partial charge in [0.2, 0.25) is 0 Å². The summed E-state index contributed by atoms with van der Waals surface area (Å²) in [6, 6.07) is 13.5. The van der Waals surface area contributed by atoms with Crippen molar-refractivity contribution in [2.75, 3.05) is 20.2 Å². The average molecular weight is 519 g/mol. The number of nitrogens with zero attached hydrogens (tertiary/aromatic N) is 2. The molecule has 0 bridgehead atoms. The first-order valence-corrected chi connectivity index (χ1v) is 12.8. The predicted molar refractivity (Wildman–Crippen MR) is 140 cm³/mol. The summed E-state index contributed by atoms with van der Waals surface area (Å²) in [4.78, 5) is 6.73. The third-order valence-electron chi connectivity index (χ3n) is 7.51. The van der Waals surface area contributed by atoms with Crippen LogP contribution in [0.4, 0.5) is 8.78 Å². The molecule has 0 saturated carbocycles. The highest BCUT2D eigenvalue weighted by Gasteiger charge is 2.42. The second-order valence-corrected chi connectivity index (χ2v) is 10.6. The molecule has 5 rings (SSSR count). The number of hydrogen-bond donors (Lipinski definition) is 1. The number of fused-ring (bicyclic) bond motifs is 2. The molecule has 1 atom stereocenters. The van der Waals surface area contributed by atoms with E-state index in [1.807, 2.05) is 42.7 Å². The van der Waals surface area contributed by atoms with E-state index in [4.69, 9.17) is 9.47 Å². The molecule has 3 heterocycles. The number of aliphatic hydroxyl groups is 1. The maximum absolute atomic E-state index is 14.2. The van der Waals surface area contributed by atoms with Gasteiger partial charge in [-0.2, -0.15) is 0 Å². The molecule has 5 nitrogen and oxygen atoms in total. The van der Waals surface area contributed by atoms with Crippen LogP contribution in [0.3, 0.4) is 0 Å². The van der Waals surface area contributed by atoms with Gasteiger partial charge in [0.05, 0.1) is 12.2 Å². The number of halogens is 2. The van der Waals surface area contributed by atoms with Crippen molar-refractivity contribution in [2.45, 2.75) is 56.6 Å². The molecular formula is C31H32F2N2O3. The number of piperidine rings is 1. The van der Waals surface area contributed by atoms with E-state index in [2.05, 4.69) is 21.7 Å². The van der Waals surface area contributed by atoms with E-state index in [9.17, 15) is 13.9 Å². The van der Waals surface area contributed by atoms with Crippen LogP contribution in [0.2, 0.25) is 0 Å². The van der Waals surface area contributed by atoms with Gasteiger partial charge in [0.1, 0.15) is 5.60 Å². The Labute approximate surface area is 222 Å². The standard InChI is InChI=1S/C31H32F2N2O3/c1-29(2,36)11-12-31(37-3,25-8-9-27(32)28(33)18-25)24-6-4-22(5-7-24)20-35-16-13-30(14-17-35)26-19-34-15-10-23(26)21-38-30/h4-10,15,18-19,36H,13-14,16-17,20-21H2,1-3H3. The van der Waals surface area contributed by atoms with Crippen LogP contribution in [0.5, 0.6) is 0 Å². The SMILES string of the molecule is COC(C#CC(C)(C)O)(c1ccc(CN2CCC3(CC2)OCc2ccncc23)cc1)c1ccc(F)c(F)c1. The highest BCUT2D eigenvalue weighted by atomic mass is 19.2. The maximum atomic E-state index is 14.2. The number of methoxy groups -OCH3 is 1. The lowest BCUT2D eigenvalue weighted by molar-refractivity contribution is -0.0800. The third kappa shape index (κ3) is 5.10. The van der Waals surface area contributed by atoms with Crippen molar-refractivity contribution in [1.82, 2.24) is 9.88 Å². The van der Waals surface area contributed by atoms with E-state index < -0.39 is 22.8 Å². The molecule has 2 aliphatic heterocycles. The van der Waals surface area contributed by atoms with Crippen LogP contribution in [-0.4, -0.2) is 40.8 Å². The van der Waals surface area contributed by atoms with E-state index in [1.165, 1.54) is 24.3 Å². The minimum Gasteiger partial charge on any atom is -0.378 e. The fourth-order valence-corrected chi connectivity index (χ4v) is 5.40. The Morgan fingerprint density at radius 3 is 2.39 bits per heavy atom. The minimum absolute atomic E-state index is 0.231. The summed E-state index contributed by atoms with van der Waals surface area (Å²) in [5.74, 6) is 3.86. The zero-order valence-corrected chi connectivity index (χ0v) is 21.9. The smallest absolute Gasteiger partial charge is 0.179 e. The van der Waals surface area contributed by atoms with Crippen LogP contribution in [0.1, 0.15) is 54.5 Å². The molecule has 38 heavy (non-hydrogen) atoms. The first kappa shape index (κ1) is 26.5. The molecule has 0 aliphatic carbocycles. The van der Waals surface area contributed by atoms with E-state index in [0.717, 1.165) is 50.2 Å². The second-order valence-electron chi connectivity index (χ2n) is 10.6. The Hall–Kier alpha value is -3.15. The number of ether oxygens (including phenoxy) is 2. The number of hydrogen-bond acceptors (Lipinski definition) is 5. The van der Waals surface area contributed by atoms with Gasteiger partial charge in [0.25, 0.3) is 0 Å². The van der Waals surface area contributed by atoms with Gasteiger partial charge in [-0.05, 0) is 56.0 Å². The molecule has 1 N–H and O–H groups in total. The monoisotopic (exact) mass is 518 g/mol. The Bertz CT molecular complexity index is 1370. The van der Waals surface area contributed by atoms with Gasteiger partial charge in [-0.3, -0.25) is 9.88 Å². The van der Waals surface area contributed by atoms with Crippen molar-refractivity contribution in [3.05, 3.63) is 100 Å². The summed E-state index contributed by atoms with van der Waals surface area (Å²) >= 11 is 0. The van der Waals surface area contributed by atoms with Crippen molar-refractivity contribution in [1.29, 1.82) is 0 Å². The van der Waals surface area contributed by atoms with Gasteiger partial charge in [-0.15, -0.1) is 0 Å². The van der Waals surface area contributed by atoms with Crippen LogP contribution < -0.4 is 0 Å². The average Bonchev–Trinajstić information content (AvgIpc) is 3.26. The number of rotatable bonds is 5. The zero-order chi connectivity index (χ0) is 27.0. The molecule has 1 fully saturated rings. The molecular weight excluding hydrogens is 486 g/mol. The van der Waals surface area contributed by atoms with Gasteiger partial charge in [0.15, 0.2) is 17.2 Å². The highest BCUT2D eigenvalue weighted by Crippen LogP contribution is 2.44. The Kier molecular flexibility index (Phi) is 7.10. The van der Waals surface area contributed by atoms with Crippen molar-refractivity contribution >= 4 is 0 Å². The molecule has 198 valence electrons. The quantitative estimate of drug-likeness (QED) is 0.480. The zero-order valence-electron chi connectivity index (χ0n) is 21.9. The molecule has 1 saturated heterocycles. The molecule has 7 heteroatoms. The van der Waals surface area contributed by atoms with Crippen molar-refractivity contribution in [2.24, 2.45) is 0 Å². The van der Waals surface area contributed by atoms with Crippen LogP contribution in [0, 0.1) is 23.5 Å². The molecule has 1 unspecified atom stereocenters. The van der Waals surface area contributed by atoms with E-state index in [-0.39, 0.29) is 5.60 Å². The second kappa shape index (κ2) is 10.2. The van der Waals surface area contributed by atoms with Gasteiger partial charge < -0.3 is 14.6 Å². The summed E-state index contributed by atoms with van der Waals surface area (Å²) in [7, 11) is 1.47. The number of aromatic nitrogens is 1. The molecule has 2 aromatic carbocycles. The molecule has 0 radical (unpaired) electrons. The summed E-state index contributed by atoms with van der Waals surface area (Å²) < 4.78 is 40.0. The maximum Gasteiger partial charge on any atom is 0.179 e. The van der Waals surface area contributed by atoms with Crippen LogP contribution >= 0.6 is 0 Å². The molecule has 0 amide bonds. The highest BCUT2D eigenvalue weighted by molar-refractivity contribution is 5.47. The lowest BCUT2D eigenvalue weighted by Crippen LogP contribution is -2.42. The number of pyridine rings is 1. The Morgan fingerprint density at radius 1 is 1.03 bits per heavy atom. The number of likely N-dealkylation sites (tertiary alicyclic amines) is 1. The van der Waals surface area contributed by atoms with Gasteiger partial charge in [0, 0.05) is 55.8 Å². The molecule has 3 aromatic rings. The van der Waals surface area contributed by atoms with Crippen molar-refractivity contribution < 1.29 is 23.4 Å². The normalized spacial score (nSPS) is 18.5. The van der Waals surface area contributed by atoms with Crippen molar-refractivity contribution in [3.8, 4) is 11.8 Å². The Morgan fingerprint density at radius 2 is 1.74 bits per heavy atom. The van der Waals surface area contributed by atoms with E-state index in [0.29, 0.717) is 17.7 Å². The fourth-order valence-electron chi connectivity index (χ4n) is 5.40. The summed E-state index contributed by atoms with van der Waals surface area (Å²) in [5, 5.41) is 10.2. The Balaban J connectivity index is 1.35. The number of benzene rings is 2. The van der Waals surface area contributed by atoms with Crippen LogP contribution in [-0.2, 0) is 33.8 Å². The van der Waals surface area contributed by atoms with Gasteiger partial charge in [-0.25, -0.2) is 8.78 Å². The van der Waals surface area contributed by atoms with Crippen molar-refractivity contribution in [3.63, 3.8) is 0 Å². The lowest BCUT2D eigenvalue weighted by atomic mass is 9.84. The molecule has 1 aromatic heterocycles. The van der Waals surface area contributed by atoms with Crippen LogP contribution in [0.25, 0.3) is 0 Å². The molecule has 1 spiro atoms. The topological polar surface area (TPSA) is 54.8 Å². The van der Waals surface area contributed by atoms with Crippen LogP contribution in [0.15, 0.2) is 60.9 Å². The summed E-state index contributed by atoms with van der Waals surface area (Å²) in [6.45, 7) is 6.35. The largest absolute Gasteiger partial charge is 0.378 e. The van der Waals surface area contributed by atoms with Gasteiger partial charge in [-0.1, -0.05) is 42.2 Å².